The first-order valence-corrected chi connectivity index (χ1v) is 6.92. The molecular weight excluding hydrogens is 281 g/mol. The minimum absolute atomic E-state index is 0.136. The third kappa shape index (κ3) is 4.74. The quantitative estimate of drug-likeness (QED) is 0.616. The molecule has 0 bridgehead atoms. The largest absolute Gasteiger partial charge is 0.469 e. The van der Waals surface area contributed by atoms with Crippen LogP contribution < -0.4 is 0 Å². The van der Waals surface area contributed by atoms with Gasteiger partial charge in [-0.15, -0.1) is 0 Å². The van der Waals surface area contributed by atoms with Crippen molar-refractivity contribution in [1.29, 1.82) is 0 Å². The summed E-state index contributed by atoms with van der Waals surface area (Å²) in [6.07, 6.45) is 0. The highest BCUT2D eigenvalue weighted by Crippen LogP contribution is 2.22. The SMILES string of the molecule is COC(=O)C(C)CSCc1nc(Cl)ccc1Cl. The number of hydrogen-bond acceptors (Lipinski definition) is 4. The fourth-order valence-corrected chi connectivity index (χ4v) is 2.60. The first kappa shape index (κ1) is 14.6. The van der Waals surface area contributed by atoms with Crippen LogP contribution in [0.4, 0.5) is 0 Å². The van der Waals surface area contributed by atoms with Gasteiger partial charge < -0.3 is 4.74 Å². The smallest absolute Gasteiger partial charge is 0.309 e. The number of aromatic nitrogens is 1. The van der Waals surface area contributed by atoms with Gasteiger partial charge >= 0.3 is 5.97 Å². The molecule has 6 heteroatoms. The van der Waals surface area contributed by atoms with Gasteiger partial charge in [-0.2, -0.15) is 11.8 Å². The molecule has 1 heterocycles. The molecule has 0 aliphatic carbocycles. The summed E-state index contributed by atoms with van der Waals surface area (Å²) in [6, 6.07) is 3.37. The van der Waals surface area contributed by atoms with Gasteiger partial charge in [-0.3, -0.25) is 4.79 Å². The van der Waals surface area contributed by atoms with E-state index in [0.29, 0.717) is 21.7 Å². The van der Waals surface area contributed by atoms with Gasteiger partial charge in [-0.1, -0.05) is 30.1 Å². The number of carbonyl (C=O) groups is 1. The molecule has 1 atom stereocenters. The Hall–Kier alpha value is -0.450. The second kappa shape index (κ2) is 7.09. The maximum atomic E-state index is 11.2. The molecule has 0 amide bonds. The summed E-state index contributed by atoms with van der Waals surface area (Å²) in [6.45, 7) is 1.83. The molecule has 1 unspecified atom stereocenters. The number of methoxy groups -OCH3 is 1. The number of thioether (sulfide) groups is 1. The number of carbonyl (C=O) groups excluding carboxylic acids is 1. The molecule has 0 aliphatic rings. The van der Waals surface area contributed by atoms with Crippen LogP contribution in [0, 0.1) is 5.92 Å². The molecule has 0 aromatic carbocycles. The van der Waals surface area contributed by atoms with E-state index in [0.717, 1.165) is 5.69 Å². The summed E-state index contributed by atoms with van der Waals surface area (Å²) in [5.74, 6) is 0.948. The van der Waals surface area contributed by atoms with E-state index in [4.69, 9.17) is 23.2 Å². The van der Waals surface area contributed by atoms with Crippen molar-refractivity contribution in [1.82, 2.24) is 4.98 Å². The molecule has 0 fully saturated rings. The molecule has 0 aliphatic heterocycles. The van der Waals surface area contributed by atoms with Gasteiger partial charge in [0.15, 0.2) is 0 Å². The number of halogens is 2. The lowest BCUT2D eigenvalue weighted by atomic mass is 10.2. The van der Waals surface area contributed by atoms with E-state index in [2.05, 4.69) is 9.72 Å². The summed E-state index contributed by atoms with van der Waals surface area (Å²) in [5, 5.41) is 1.01. The van der Waals surface area contributed by atoms with Gasteiger partial charge in [0.1, 0.15) is 5.15 Å². The van der Waals surface area contributed by atoms with Crippen LogP contribution in [0.1, 0.15) is 12.6 Å². The van der Waals surface area contributed by atoms with Crippen LogP contribution in [-0.2, 0) is 15.3 Å². The maximum Gasteiger partial charge on any atom is 0.309 e. The van der Waals surface area contributed by atoms with Crippen LogP contribution in [-0.4, -0.2) is 23.8 Å². The highest BCUT2D eigenvalue weighted by Gasteiger charge is 2.13. The number of hydrogen-bond donors (Lipinski definition) is 0. The average Bonchev–Trinajstić information content (AvgIpc) is 2.32. The van der Waals surface area contributed by atoms with E-state index in [1.54, 1.807) is 23.9 Å². The highest BCUT2D eigenvalue weighted by atomic mass is 35.5. The number of esters is 1. The Morgan fingerprint density at radius 3 is 2.88 bits per heavy atom. The number of pyridine rings is 1. The minimum Gasteiger partial charge on any atom is -0.469 e. The lowest BCUT2D eigenvalue weighted by molar-refractivity contribution is -0.143. The van der Waals surface area contributed by atoms with Crippen molar-refractivity contribution in [3.05, 3.63) is 28.0 Å². The number of rotatable bonds is 5. The molecule has 0 spiro atoms. The molecule has 0 radical (unpaired) electrons. The van der Waals surface area contributed by atoms with Crippen molar-refractivity contribution in [2.24, 2.45) is 5.92 Å². The fourth-order valence-electron chi connectivity index (χ4n) is 1.16. The third-order valence-corrected chi connectivity index (χ3v) is 3.86. The summed E-state index contributed by atoms with van der Waals surface area (Å²) in [4.78, 5) is 15.3. The highest BCUT2D eigenvalue weighted by molar-refractivity contribution is 7.98. The van der Waals surface area contributed by atoms with E-state index < -0.39 is 0 Å². The van der Waals surface area contributed by atoms with E-state index in [1.165, 1.54) is 7.11 Å². The second-order valence-corrected chi connectivity index (χ2v) is 5.33. The molecule has 0 N–H and O–H groups in total. The topological polar surface area (TPSA) is 39.2 Å². The molecule has 1 rings (SSSR count). The fraction of sp³-hybridized carbons (Fsp3) is 0.455. The molecule has 17 heavy (non-hydrogen) atoms. The van der Waals surface area contributed by atoms with E-state index in [1.807, 2.05) is 6.92 Å². The van der Waals surface area contributed by atoms with Crippen molar-refractivity contribution in [2.75, 3.05) is 12.9 Å². The van der Waals surface area contributed by atoms with Gasteiger partial charge in [0, 0.05) is 11.5 Å². The van der Waals surface area contributed by atoms with Crippen molar-refractivity contribution in [3.63, 3.8) is 0 Å². The van der Waals surface area contributed by atoms with Crippen LogP contribution >= 0.6 is 35.0 Å². The van der Waals surface area contributed by atoms with Gasteiger partial charge in [0.25, 0.3) is 0 Å². The predicted octanol–water partition coefficient (Wildman–Crippen LogP) is 3.43. The maximum absolute atomic E-state index is 11.2. The number of nitrogens with zero attached hydrogens (tertiary/aromatic N) is 1. The Kier molecular flexibility index (Phi) is 6.09. The number of ether oxygens (including phenoxy) is 1. The lowest BCUT2D eigenvalue weighted by Gasteiger charge is -2.08. The zero-order valence-corrected chi connectivity index (χ0v) is 11.9. The standard InChI is InChI=1S/C11H13Cl2NO2S/c1-7(11(15)16-2)5-17-6-9-8(12)3-4-10(13)14-9/h3-4,7H,5-6H2,1-2H3. The summed E-state index contributed by atoms with van der Waals surface area (Å²) in [5.41, 5.74) is 0.737. The van der Waals surface area contributed by atoms with E-state index >= 15 is 0 Å². The zero-order valence-electron chi connectivity index (χ0n) is 9.57. The first-order valence-electron chi connectivity index (χ1n) is 5.01. The second-order valence-electron chi connectivity index (χ2n) is 3.50. The molecular formula is C11H13Cl2NO2S. The lowest BCUT2D eigenvalue weighted by Crippen LogP contribution is -2.14. The Morgan fingerprint density at radius 2 is 2.24 bits per heavy atom. The van der Waals surface area contributed by atoms with Crippen molar-refractivity contribution in [3.8, 4) is 0 Å². The zero-order chi connectivity index (χ0) is 12.8. The summed E-state index contributed by atoms with van der Waals surface area (Å²) in [7, 11) is 1.39. The van der Waals surface area contributed by atoms with Crippen molar-refractivity contribution < 1.29 is 9.53 Å². The van der Waals surface area contributed by atoms with Crippen LogP contribution in [0.5, 0.6) is 0 Å². The van der Waals surface area contributed by atoms with Gasteiger partial charge in [0.05, 0.1) is 23.7 Å². The minimum atomic E-state index is -0.206. The van der Waals surface area contributed by atoms with E-state index in [9.17, 15) is 4.79 Å². The molecule has 94 valence electrons. The predicted molar refractivity (Wildman–Crippen MR) is 71.6 cm³/mol. The Bertz CT molecular complexity index is 401. The molecule has 0 saturated heterocycles. The summed E-state index contributed by atoms with van der Waals surface area (Å²) >= 11 is 13.3. The molecule has 0 saturated carbocycles. The normalized spacial score (nSPS) is 12.2. The third-order valence-electron chi connectivity index (χ3n) is 2.09. The van der Waals surface area contributed by atoms with Gasteiger partial charge in [-0.25, -0.2) is 4.98 Å². The van der Waals surface area contributed by atoms with Crippen molar-refractivity contribution in [2.45, 2.75) is 12.7 Å². The molecule has 1 aromatic rings. The van der Waals surface area contributed by atoms with Crippen LogP contribution in [0.25, 0.3) is 0 Å². The van der Waals surface area contributed by atoms with Gasteiger partial charge in [-0.05, 0) is 12.1 Å². The Morgan fingerprint density at radius 1 is 1.53 bits per heavy atom. The van der Waals surface area contributed by atoms with E-state index in [-0.39, 0.29) is 11.9 Å². The van der Waals surface area contributed by atoms with Crippen LogP contribution in [0.2, 0.25) is 10.2 Å². The molecule has 1 aromatic heterocycles. The Labute approximate surface area is 115 Å². The average molecular weight is 294 g/mol. The van der Waals surface area contributed by atoms with Crippen LogP contribution in [0.15, 0.2) is 12.1 Å². The Balaban J connectivity index is 2.45. The van der Waals surface area contributed by atoms with Gasteiger partial charge in [0.2, 0.25) is 0 Å². The monoisotopic (exact) mass is 293 g/mol. The first-order chi connectivity index (χ1) is 8.04. The summed E-state index contributed by atoms with van der Waals surface area (Å²) < 4.78 is 4.64. The molecule has 3 nitrogen and oxygen atoms in total. The van der Waals surface area contributed by atoms with Crippen molar-refractivity contribution >= 4 is 40.9 Å². The van der Waals surface area contributed by atoms with Crippen LogP contribution in [0.3, 0.4) is 0 Å².